The number of rotatable bonds is 1. The van der Waals surface area contributed by atoms with E-state index >= 15 is 0 Å². The van der Waals surface area contributed by atoms with Crippen molar-refractivity contribution in [2.75, 3.05) is 11.1 Å². The van der Waals surface area contributed by atoms with E-state index in [1.54, 1.807) is 0 Å². The van der Waals surface area contributed by atoms with Crippen LogP contribution in [0.1, 0.15) is 17.5 Å². The predicted molar refractivity (Wildman–Crippen MR) is 144 cm³/mol. The van der Waals surface area contributed by atoms with Crippen LogP contribution in [-0.2, 0) is 12.0 Å². The number of fused-ring (bicyclic) bond motifs is 6. The fourth-order valence-corrected chi connectivity index (χ4v) is 5.74. The first-order chi connectivity index (χ1) is 16.6. The Kier molecular flexibility index (Phi) is 3.97. The highest BCUT2D eigenvalue weighted by Crippen LogP contribution is 2.42. The number of allylic oxidation sites excluding steroid dienone is 1. The van der Waals surface area contributed by atoms with E-state index in [1.807, 2.05) is 6.07 Å². The van der Waals surface area contributed by atoms with E-state index < -0.39 is 5.54 Å². The first-order valence-electron chi connectivity index (χ1n) is 11.8. The molecular weight excluding hydrogens is 414 g/mol. The summed E-state index contributed by atoms with van der Waals surface area (Å²) in [5.74, 6) is 0. The number of anilines is 2. The molecule has 1 heterocycles. The minimum atomic E-state index is -0.586. The van der Waals surface area contributed by atoms with Crippen LogP contribution in [0.15, 0.2) is 108 Å². The van der Waals surface area contributed by atoms with Crippen LogP contribution >= 0.6 is 0 Å². The molecule has 1 atom stereocenters. The molecule has 0 spiro atoms. The number of nitrogens with two attached hydrogens (primary N) is 2. The zero-order chi connectivity index (χ0) is 22.9. The van der Waals surface area contributed by atoms with E-state index in [0.29, 0.717) is 0 Å². The summed E-state index contributed by atoms with van der Waals surface area (Å²) >= 11 is 0. The second kappa shape index (κ2) is 6.96. The summed E-state index contributed by atoms with van der Waals surface area (Å²) in [7, 11) is 0. The summed E-state index contributed by atoms with van der Waals surface area (Å²) < 4.78 is 0. The molecule has 0 bridgehead atoms. The maximum atomic E-state index is 7.23. The molecule has 7 rings (SSSR count). The van der Waals surface area contributed by atoms with Gasteiger partial charge in [0, 0.05) is 23.5 Å². The molecule has 1 aliphatic carbocycles. The van der Waals surface area contributed by atoms with Crippen molar-refractivity contribution in [2.24, 2.45) is 5.73 Å². The van der Waals surface area contributed by atoms with E-state index in [0.717, 1.165) is 29.9 Å². The van der Waals surface area contributed by atoms with Gasteiger partial charge in [-0.05, 0) is 85.8 Å². The highest BCUT2D eigenvalue weighted by Gasteiger charge is 2.32. The highest BCUT2D eigenvalue weighted by molar-refractivity contribution is 6.13. The van der Waals surface area contributed by atoms with E-state index in [2.05, 4.69) is 96.3 Å². The van der Waals surface area contributed by atoms with E-state index in [-0.39, 0.29) is 0 Å². The van der Waals surface area contributed by atoms with Gasteiger partial charge < -0.3 is 16.8 Å². The number of nitrogens with one attached hydrogen (secondary N) is 1. The molecule has 3 heteroatoms. The van der Waals surface area contributed by atoms with Crippen LogP contribution in [0.5, 0.6) is 0 Å². The highest BCUT2D eigenvalue weighted by atomic mass is 14.9. The average Bonchev–Trinajstić information content (AvgIpc) is 2.86. The van der Waals surface area contributed by atoms with Crippen molar-refractivity contribution in [3.05, 3.63) is 119 Å². The third-order valence-corrected chi connectivity index (χ3v) is 7.43. The van der Waals surface area contributed by atoms with Crippen molar-refractivity contribution >= 4 is 43.7 Å². The topological polar surface area (TPSA) is 64.1 Å². The van der Waals surface area contributed by atoms with Crippen molar-refractivity contribution in [2.45, 2.75) is 18.4 Å². The first kappa shape index (κ1) is 19.4. The molecule has 0 aromatic heterocycles. The SMILES string of the molecule is Nc1ccc2c(c1)CC1=CC(N)(c3cccc4ccc5cc6ccccc6cc5c34)CC=C1N2. The van der Waals surface area contributed by atoms with Gasteiger partial charge in [0.1, 0.15) is 0 Å². The number of benzene rings is 5. The largest absolute Gasteiger partial charge is 0.399 e. The molecule has 0 radical (unpaired) electrons. The Hall–Kier alpha value is -4.08. The Morgan fingerprint density at radius 1 is 0.765 bits per heavy atom. The lowest BCUT2D eigenvalue weighted by Gasteiger charge is -2.35. The van der Waals surface area contributed by atoms with Gasteiger partial charge in [-0.3, -0.25) is 0 Å². The molecule has 5 aromatic carbocycles. The molecule has 5 N–H and O–H groups in total. The van der Waals surface area contributed by atoms with Crippen LogP contribution in [-0.4, -0.2) is 0 Å². The average molecular weight is 440 g/mol. The molecule has 164 valence electrons. The number of hydrogen-bond donors (Lipinski definition) is 3. The lowest BCUT2D eigenvalue weighted by molar-refractivity contribution is 0.560. The quantitative estimate of drug-likeness (QED) is 0.153. The summed E-state index contributed by atoms with van der Waals surface area (Å²) in [5, 5.41) is 11.1. The van der Waals surface area contributed by atoms with Gasteiger partial charge >= 0.3 is 0 Å². The summed E-state index contributed by atoms with van der Waals surface area (Å²) in [4.78, 5) is 0. The normalized spacial score (nSPS) is 19.3. The zero-order valence-corrected chi connectivity index (χ0v) is 18.8. The Balaban J connectivity index is 1.44. The Bertz CT molecular complexity index is 1710. The van der Waals surface area contributed by atoms with Crippen LogP contribution in [0.2, 0.25) is 0 Å². The van der Waals surface area contributed by atoms with Gasteiger partial charge in [-0.25, -0.2) is 0 Å². The van der Waals surface area contributed by atoms with Gasteiger partial charge in [-0.1, -0.05) is 66.7 Å². The fraction of sp³-hybridized carbons (Fsp3) is 0.0968. The molecule has 0 amide bonds. The van der Waals surface area contributed by atoms with Crippen LogP contribution in [0, 0.1) is 0 Å². The first-order valence-corrected chi connectivity index (χ1v) is 11.8. The number of nitrogen functional groups attached to an aromatic ring is 1. The predicted octanol–water partition coefficient (Wildman–Crippen LogP) is 6.76. The summed E-state index contributed by atoms with van der Waals surface area (Å²) in [6, 6.07) is 30.2. The minimum Gasteiger partial charge on any atom is -0.399 e. The van der Waals surface area contributed by atoms with Crippen molar-refractivity contribution in [3.8, 4) is 0 Å². The van der Waals surface area contributed by atoms with Gasteiger partial charge in [-0.2, -0.15) is 0 Å². The van der Waals surface area contributed by atoms with E-state index in [4.69, 9.17) is 11.5 Å². The molecule has 0 saturated carbocycles. The summed E-state index contributed by atoms with van der Waals surface area (Å²) in [6.45, 7) is 0. The smallest absolute Gasteiger partial charge is 0.0644 e. The summed E-state index contributed by atoms with van der Waals surface area (Å²) in [5.41, 5.74) is 19.4. The molecule has 2 aliphatic rings. The molecular formula is C31H25N3. The Morgan fingerprint density at radius 2 is 1.56 bits per heavy atom. The fourth-order valence-electron chi connectivity index (χ4n) is 5.74. The zero-order valence-electron chi connectivity index (χ0n) is 18.8. The molecule has 3 nitrogen and oxygen atoms in total. The molecule has 5 aromatic rings. The molecule has 1 aliphatic heterocycles. The maximum Gasteiger partial charge on any atom is 0.0644 e. The van der Waals surface area contributed by atoms with Gasteiger partial charge in [0.25, 0.3) is 0 Å². The molecule has 0 saturated heterocycles. The van der Waals surface area contributed by atoms with Gasteiger partial charge in [0.05, 0.1) is 5.54 Å². The van der Waals surface area contributed by atoms with Crippen molar-refractivity contribution in [1.82, 2.24) is 0 Å². The molecule has 0 fully saturated rings. The third kappa shape index (κ3) is 2.87. The van der Waals surface area contributed by atoms with Crippen LogP contribution in [0.25, 0.3) is 32.3 Å². The standard InChI is InChI=1S/C31H25N3/c32-25-10-11-28-23(16-25)15-24-18-31(33,13-12-29(24)34-28)27-7-3-6-19-8-9-22-14-20-4-1-2-5-21(20)17-26(22)30(19)27/h1-12,14,16-18,34H,13,15,32-33H2. The number of hydrogen-bond acceptors (Lipinski definition) is 3. The van der Waals surface area contributed by atoms with E-state index in [1.165, 1.54) is 49.0 Å². The van der Waals surface area contributed by atoms with Gasteiger partial charge in [0.2, 0.25) is 0 Å². The Labute approximate surface area is 198 Å². The van der Waals surface area contributed by atoms with Gasteiger partial charge in [0.15, 0.2) is 0 Å². The van der Waals surface area contributed by atoms with Gasteiger partial charge in [-0.15, -0.1) is 0 Å². The molecule has 34 heavy (non-hydrogen) atoms. The second-order valence-corrected chi connectivity index (χ2v) is 9.64. The van der Waals surface area contributed by atoms with Crippen LogP contribution < -0.4 is 16.8 Å². The third-order valence-electron chi connectivity index (χ3n) is 7.43. The lowest BCUT2D eigenvalue weighted by Crippen LogP contribution is -2.37. The lowest BCUT2D eigenvalue weighted by atomic mass is 9.77. The minimum absolute atomic E-state index is 0.586. The van der Waals surface area contributed by atoms with Crippen molar-refractivity contribution in [1.29, 1.82) is 0 Å². The molecule has 1 unspecified atom stereocenters. The van der Waals surface area contributed by atoms with Crippen molar-refractivity contribution < 1.29 is 0 Å². The maximum absolute atomic E-state index is 7.23. The van der Waals surface area contributed by atoms with Crippen LogP contribution in [0.3, 0.4) is 0 Å². The monoisotopic (exact) mass is 439 g/mol. The summed E-state index contributed by atoms with van der Waals surface area (Å²) in [6.07, 6.45) is 6.10. The van der Waals surface area contributed by atoms with Crippen LogP contribution in [0.4, 0.5) is 11.4 Å². The Morgan fingerprint density at radius 3 is 2.44 bits per heavy atom. The van der Waals surface area contributed by atoms with E-state index in [9.17, 15) is 0 Å². The van der Waals surface area contributed by atoms with Crippen molar-refractivity contribution in [3.63, 3.8) is 0 Å². The second-order valence-electron chi connectivity index (χ2n) is 9.64.